The summed E-state index contributed by atoms with van der Waals surface area (Å²) in [7, 11) is 1.84. The number of rotatable bonds is 3. The van der Waals surface area contributed by atoms with E-state index >= 15 is 0 Å². The third-order valence-electron chi connectivity index (χ3n) is 1.93. The molecule has 0 amide bonds. The Morgan fingerprint density at radius 1 is 1.60 bits per heavy atom. The summed E-state index contributed by atoms with van der Waals surface area (Å²) in [5.41, 5.74) is 0.653. The fraction of sp³-hybridized carbons (Fsp3) is 0.444. The molecule has 6 nitrogen and oxygen atoms in total. The Kier molecular flexibility index (Phi) is 2.51. The summed E-state index contributed by atoms with van der Waals surface area (Å²) in [6, 6.07) is 0. The molecule has 0 spiro atoms. The van der Waals surface area contributed by atoms with Crippen molar-refractivity contribution < 1.29 is 5.11 Å². The van der Waals surface area contributed by atoms with E-state index in [4.69, 9.17) is 5.11 Å². The SMILES string of the molecule is CC(O)CNc1ncc2cn(C)nc2n1. The monoisotopic (exact) mass is 207 g/mol. The first-order chi connectivity index (χ1) is 7.15. The highest BCUT2D eigenvalue weighted by molar-refractivity contribution is 5.73. The first kappa shape index (κ1) is 9.85. The van der Waals surface area contributed by atoms with E-state index in [0.717, 1.165) is 5.39 Å². The van der Waals surface area contributed by atoms with Gasteiger partial charge in [0, 0.05) is 26.0 Å². The van der Waals surface area contributed by atoms with Crippen LogP contribution in [0.4, 0.5) is 5.95 Å². The number of aliphatic hydroxyl groups excluding tert-OH is 1. The Morgan fingerprint density at radius 3 is 3.13 bits per heavy atom. The molecular formula is C9H13N5O. The first-order valence-corrected chi connectivity index (χ1v) is 4.73. The van der Waals surface area contributed by atoms with Gasteiger partial charge < -0.3 is 10.4 Å². The summed E-state index contributed by atoms with van der Waals surface area (Å²) in [5.74, 6) is 0.488. The van der Waals surface area contributed by atoms with Crippen LogP contribution in [0.15, 0.2) is 12.4 Å². The van der Waals surface area contributed by atoms with Gasteiger partial charge in [-0.25, -0.2) is 4.98 Å². The molecular weight excluding hydrogens is 194 g/mol. The highest BCUT2D eigenvalue weighted by Gasteiger charge is 2.03. The molecule has 2 rings (SSSR count). The predicted octanol–water partition coefficient (Wildman–Crippen LogP) is 0.156. The number of anilines is 1. The molecule has 15 heavy (non-hydrogen) atoms. The zero-order valence-corrected chi connectivity index (χ0v) is 8.68. The fourth-order valence-corrected chi connectivity index (χ4v) is 1.26. The van der Waals surface area contributed by atoms with Gasteiger partial charge in [-0.15, -0.1) is 0 Å². The maximum absolute atomic E-state index is 9.09. The molecule has 0 aromatic carbocycles. The summed E-state index contributed by atoms with van der Waals surface area (Å²) < 4.78 is 1.69. The van der Waals surface area contributed by atoms with Crippen molar-refractivity contribution in [2.45, 2.75) is 13.0 Å². The Hall–Kier alpha value is -1.69. The second kappa shape index (κ2) is 3.82. The fourth-order valence-electron chi connectivity index (χ4n) is 1.26. The average Bonchev–Trinajstić information content (AvgIpc) is 2.53. The third-order valence-corrected chi connectivity index (χ3v) is 1.93. The Balaban J connectivity index is 2.22. The summed E-state index contributed by atoms with van der Waals surface area (Å²) in [6.45, 7) is 2.13. The van der Waals surface area contributed by atoms with Crippen LogP contribution in [-0.2, 0) is 7.05 Å². The Bertz CT molecular complexity index is 464. The number of hydrogen-bond donors (Lipinski definition) is 2. The second-order valence-electron chi connectivity index (χ2n) is 3.51. The quantitative estimate of drug-likeness (QED) is 0.749. The highest BCUT2D eigenvalue weighted by atomic mass is 16.3. The van der Waals surface area contributed by atoms with Crippen LogP contribution in [0.3, 0.4) is 0 Å². The van der Waals surface area contributed by atoms with Crippen LogP contribution in [-0.4, -0.2) is 37.5 Å². The number of nitrogens with zero attached hydrogens (tertiary/aromatic N) is 4. The van der Waals surface area contributed by atoms with Crippen LogP contribution >= 0.6 is 0 Å². The molecule has 0 saturated carbocycles. The van der Waals surface area contributed by atoms with E-state index in [-0.39, 0.29) is 0 Å². The van der Waals surface area contributed by atoms with Crippen LogP contribution in [0.2, 0.25) is 0 Å². The van der Waals surface area contributed by atoms with Crippen molar-refractivity contribution in [2.75, 3.05) is 11.9 Å². The second-order valence-corrected chi connectivity index (χ2v) is 3.51. The zero-order chi connectivity index (χ0) is 10.8. The van der Waals surface area contributed by atoms with E-state index in [1.165, 1.54) is 0 Å². The molecule has 0 saturated heterocycles. The first-order valence-electron chi connectivity index (χ1n) is 4.73. The van der Waals surface area contributed by atoms with Crippen LogP contribution < -0.4 is 5.32 Å². The minimum atomic E-state index is -0.423. The van der Waals surface area contributed by atoms with E-state index in [0.29, 0.717) is 18.1 Å². The highest BCUT2D eigenvalue weighted by Crippen LogP contribution is 2.09. The van der Waals surface area contributed by atoms with Gasteiger partial charge in [-0.2, -0.15) is 10.1 Å². The third kappa shape index (κ3) is 2.21. The van der Waals surface area contributed by atoms with E-state index in [2.05, 4.69) is 20.4 Å². The van der Waals surface area contributed by atoms with Gasteiger partial charge >= 0.3 is 0 Å². The number of aryl methyl sites for hydroxylation is 1. The van der Waals surface area contributed by atoms with Gasteiger partial charge in [0.15, 0.2) is 5.65 Å². The van der Waals surface area contributed by atoms with Gasteiger partial charge in [-0.3, -0.25) is 4.68 Å². The largest absolute Gasteiger partial charge is 0.392 e. The maximum Gasteiger partial charge on any atom is 0.224 e. The van der Waals surface area contributed by atoms with Crippen molar-refractivity contribution >= 4 is 17.0 Å². The average molecular weight is 207 g/mol. The smallest absolute Gasteiger partial charge is 0.224 e. The molecule has 6 heteroatoms. The molecule has 0 radical (unpaired) electrons. The number of hydrogen-bond acceptors (Lipinski definition) is 5. The van der Waals surface area contributed by atoms with Crippen molar-refractivity contribution in [1.29, 1.82) is 0 Å². The molecule has 0 aliphatic carbocycles. The van der Waals surface area contributed by atoms with Gasteiger partial charge in [0.2, 0.25) is 5.95 Å². The lowest BCUT2D eigenvalue weighted by molar-refractivity contribution is 0.208. The minimum Gasteiger partial charge on any atom is -0.392 e. The topological polar surface area (TPSA) is 75.9 Å². The van der Waals surface area contributed by atoms with E-state index in [9.17, 15) is 0 Å². The van der Waals surface area contributed by atoms with Crippen molar-refractivity contribution in [1.82, 2.24) is 19.7 Å². The lowest BCUT2D eigenvalue weighted by Gasteiger charge is -2.05. The molecule has 2 N–H and O–H groups in total. The van der Waals surface area contributed by atoms with Crippen LogP contribution in [0.25, 0.3) is 11.0 Å². The normalized spacial score (nSPS) is 13.0. The number of aromatic nitrogens is 4. The van der Waals surface area contributed by atoms with Crippen molar-refractivity contribution in [3.63, 3.8) is 0 Å². The molecule has 0 bridgehead atoms. The predicted molar refractivity (Wildman–Crippen MR) is 56.5 cm³/mol. The van der Waals surface area contributed by atoms with Gasteiger partial charge in [-0.05, 0) is 6.92 Å². The minimum absolute atomic E-state index is 0.423. The van der Waals surface area contributed by atoms with E-state index in [1.807, 2.05) is 13.2 Å². The number of fused-ring (bicyclic) bond motifs is 1. The standard InChI is InChI=1S/C9H13N5O/c1-6(15)3-10-9-11-4-7-5-14(2)13-8(7)12-9/h4-6,15H,3H2,1-2H3,(H,10,12,13). The van der Waals surface area contributed by atoms with Crippen molar-refractivity contribution in [2.24, 2.45) is 7.05 Å². The molecule has 2 aromatic rings. The van der Waals surface area contributed by atoms with Gasteiger partial charge in [0.05, 0.1) is 11.5 Å². The van der Waals surface area contributed by atoms with Gasteiger partial charge in [0.25, 0.3) is 0 Å². The maximum atomic E-state index is 9.09. The lowest BCUT2D eigenvalue weighted by atomic mass is 10.4. The zero-order valence-electron chi connectivity index (χ0n) is 8.68. The van der Waals surface area contributed by atoms with E-state index < -0.39 is 6.10 Å². The summed E-state index contributed by atoms with van der Waals surface area (Å²) in [6.07, 6.45) is 3.14. The number of aliphatic hydroxyl groups is 1. The molecule has 2 heterocycles. The molecule has 0 fully saturated rings. The summed E-state index contributed by atoms with van der Waals surface area (Å²) in [5, 5.41) is 17.1. The van der Waals surface area contributed by atoms with Gasteiger partial charge in [0.1, 0.15) is 0 Å². The molecule has 80 valence electrons. The molecule has 0 aliphatic heterocycles. The number of nitrogens with one attached hydrogen (secondary N) is 1. The van der Waals surface area contributed by atoms with Crippen LogP contribution in [0.5, 0.6) is 0 Å². The van der Waals surface area contributed by atoms with Crippen molar-refractivity contribution in [3.8, 4) is 0 Å². The molecule has 1 atom stereocenters. The molecule has 1 unspecified atom stereocenters. The van der Waals surface area contributed by atoms with Gasteiger partial charge in [-0.1, -0.05) is 0 Å². The van der Waals surface area contributed by atoms with Crippen LogP contribution in [0, 0.1) is 0 Å². The lowest BCUT2D eigenvalue weighted by Crippen LogP contribution is -2.16. The molecule has 0 aliphatic rings. The Labute approximate surface area is 87.0 Å². The summed E-state index contributed by atoms with van der Waals surface area (Å²) in [4.78, 5) is 8.31. The van der Waals surface area contributed by atoms with Crippen molar-refractivity contribution in [3.05, 3.63) is 12.4 Å². The Morgan fingerprint density at radius 2 is 2.40 bits per heavy atom. The van der Waals surface area contributed by atoms with E-state index in [1.54, 1.807) is 17.8 Å². The molecule has 2 aromatic heterocycles. The van der Waals surface area contributed by atoms with Crippen LogP contribution in [0.1, 0.15) is 6.92 Å². The summed E-state index contributed by atoms with van der Waals surface area (Å²) >= 11 is 0.